The number of nitrogens with zero attached hydrogens (tertiary/aromatic N) is 1. The highest BCUT2D eigenvalue weighted by molar-refractivity contribution is 7.56. The zero-order valence-electron chi connectivity index (χ0n) is 19.1. The van der Waals surface area contributed by atoms with E-state index in [0.717, 1.165) is 0 Å². The highest BCUT2D eigenvalue weighted by atomic mass is 31.1. The van der Waals surface area contributed by atoms with Crippen LogP contribution in [0, 0.1) is 0 Å². The van der Waals surface area contributed by atoms with E-state index < -0.39 is 0 Å². The molecule has 0 N–H and O–H groups in total. The molecule has 1 fully saturated rings. The maximum Gasteiger partial charge on any atom is 0.0180 e. The van der Waals surface area contributed by atoms with E-state index >= 15 is 0 Å². The molecule has 2 atom stereocenters. The van der Waals surface area contributed by atoms with E-state index in [9.17, 15) is 0 Å². The van der Waals surface area contributed by atoms with Gasteiger partial charge in [0.1, 0.15) is 0 Å². The summed E-state index contributed by atoms with van der Waals surface area (Å²) in [6, 6.07) is 19.0. The van der Waals surface area contributed by atoms with E-state index in [1.807, 2.05) is 0 Å². The minimum absolute atomic E-state index is 0.220. The van der Waals surface area contributed by atoms with Gasteiger partial charge in [0.15, 0.2) is 0 Å². The van der Waals surface area contributed by atoms with Crippen LogP contribution >= 0.6 is 8.07 Å². The lowest BCUT2D eigenvalue weighted by molar-refractivity contribution is 0.589. The van der Waals surface area contributed by atoms with Crippen molar-refractivity contribution in [3.8, 4) is 0 Å². The zero-order valence-corrected chi connectivity index (χ0v) is 20.0. The van der Waals surface area contributed by atoms with Crippen LogP contribution < -0.4 is 0 Å². The van der Waals surface area contributed by atoms with Crippen LogP contribution in [0.4, 0.5) is 0 Å². The number of hydrogen-bond acceptors (Lipinski definition) is 1. The largest absolute Gasteiger partial charge is 0.287 e. The summed E-state index contributed by atoms with van der Waals surface area (Å²) in [6.45, 7) is 13.8. The molecule has 3 rings (SSSR count). The van der Waals surface area contributed by atoms with Crippen molar-refractivity contribution in [3.63, 3.8) is 0 Å². The number of hydrogen-bond donors (Lipinski definition) is 0. The van der Waals surface area contributed by atoms with Crippen molar-refractivity contribution in [2.24, 2.45) is 0 Å². The van der Waals surface area contributed by atoms with Crippen LogP contribution in [-0.2, 0) is 10.8 Å². The second kappa shape index (κ2) is 7.92. The number of benzene rings is 2. The molecule has 2 unspecified atom stereocenters. The Bertz CT molecular complexity index is 710. The Labute approximate surface area is 174 Å². The van der Waals surface area contributed by atoms with Gasteiger partial charge in [-0.05, 0) is 68.1 Å². The van der Waals surface area contributed by atoms with Gasteiger partial charge in [-0.3, -0.25) is 4.67 Å². The monoisotopic (exact) mass is 395 g/mol. The highest BCUT2D eigenvalue weighted by Crippen LogP contribution is 2.71. The summed E-state index contributed by atoms with van der Waals surface area (Å²) in [5.74, 6) is 0. The molecule has 0 saturated carbocycles. The average molecular weight is 396 g/mol. The van der Waals surface area contributed by atoms with E-state index in [0.29, 0.717) is 11.3 Å². The molecule has 0 bridgehead atoms. The van der Waals surface area contributed by atoms with Crippen molar-refractivity contribution in [2.75, 3.05) is 14.1 Å². The van der Waals surface area contributed by atoms with Gasteiger partial charge in [-0.2, -0.15) is 0 Å². The van der Waals surface area contributed by atoms with Crippen LogP contribution in [0.1, 0.15) is 88.0 Å². The molecule has 0 amide bonds. The van der Waals surface area contributed by atoms with E-state index in [-0.39, 0.29) is 18.9 Å². The molecule has 2 aromatic rings. The van der Waals surface area contributed by atoms with Crippen molar-refractivity contribution >= 4 is 8.07 Å². The lowest BCUT2D eigenvalue weighted by Gasteiger charge is -2.32. The fraction of sp³-hybridized carbons (Fsp3) is 0.538. The highest BCUT2D eigenvalue weighted by Gasteiger charge is 2.39. The van der Waals surface area contributed by atoms with Gasteiger partial charge in [-0.1, -0.05) is 90.1 Å². The number of rotatable bonds is 3. The summed E-state index contributed by atoms with van der Waals surface area (Å²) in [5.41, 5.74) is 7.70. The van der Waals surface area contributed by atoms with Gasteiger partial charge >= 0.3 is 0 Å². The smallest absolute Gasteiger partial charge is 0.0180 e. The summed E-state index contributed by atoms with van der Waals surface area (Å²) in [6.07, 6.45) is 2.59. The van der Waals surface area contributed by atoms with Crippen LogP contribution in [0.25, 0.3) is 0 Å². The van der Waals surface area contributed by atoms with Crippen molar-refractivity contribution in [2.45, 2.75) is 76.5 Å². The predicted molar refractivity (Wildman–Crippen MR) is 126 cm³/mol. The summed E-state index contributed by atoms with van der Waals surface area (Å²) < 4.78 is 2.52. The Hall–Kier alpha value is -1.17. The Morgan fingerprint density at radius 3 is 1.21 bits per heavy atom. The fourth-order valence-electron chi connectivity index (χ4n) is 4.40. The molecule has 2 aromatic carbocycles. The maximum absolute atomic E-state index is 2.52. The summed E-state index contributed by atoms with van der Waals surface area (Å²) in [5, 5.41) is 0. The fourth-order valence-corrected chi connectivity index (χ4v) is 7.74. The molecule has 0 aromatic heterocycles. The van der Waals surface area contributed by atoms with E-state index in [1.54, 1.807) is 0 Å². The van der Waals surface area contributed by atoms with Crippen LogP contribution in [0.3, 0.4) is 0 Å². The minimum Gasteiger partial charge on any atom is -0.287 e. The average Bonchev–Trinajstić information content (AvgIpc) is 3.06. The Balaban J connectivity index is 1.86. The van der Waals surface area contributed by atoms with E-state index in [1.165, 1.54) is 35.1 Å². The third-order valence-electron chi connectivity index (χ3n) is 6.14. The lowest BCUT2D eigenvalue weighted by atomic mass is 9.86. The third-order valence-corrected chi connectivity index (χ3v) is 9.45. The molecule has 1 nitrogen and oxygen atoms in total. The molecule has 1 heterocycles. The molecule has 152 valence electrons. The molecule has 0 aliphatic carbocycles. The first-order valence-electron chi connectivity index (χ1n) is 10.6. The molecular weight excluding hydrogens is 357 g/mol. The quantitative estimate of drug-likeness (QED) is 0.479. The van der Waals surface area contributed by atoms with E-state index in [4.69, 9.17) is 0 Å². The van der Waals surface area contributed by atoms with Crippen molar-refractivity contribution < 1.29 is 0 Å². The van der Waals surface area contributed by atoms with Crippen LogP contribution in [0.5, 0.6) is 0 Å². The SMILES string of the molecule is CN(C)P1C(c2ccc(C(C)(C)C)cc2)CCC1c1ccc(C(C)(C)C)cc1. The molecule has 1 saturated heterocycles. The molecule has 1 aliphatic heterocycles. The normalized spacial score (nSPS) is 23.4. The summed E-state index contributed by atoms with van der Waals surface area (Å²) in [4.78, 5) is 0. The topological polar surface area (TPSA) is 3.24 Å². The van der Waals surface area contributed by atoms with Gasteiger partial charge in [-0.15, -0.1) is 0 Å². The second-order valence-corrected chi connectivity index (χ2v) is 13.4. The van der Waals surface area contributed by atoms with Crippen LogP contribution in [0.15, 0.2) is 48.5 Å². The van der Waals surface area contributed by atoms with Gasteiger partial charge in [0.2, 0.25) is 0 Å². The first kappa shape index (κ1) is 21.5. The molecule has 28 heavy (non-hydrogen) atoms. The molecule has 1 aliphatic rings. The summed E-state index contributed by atoms with van der Waals surface area (Å²) in [7, 11) is 4.34. The van der Waals surface area contributed by atoms with Gasteiger partial charge in [0, 0.05) is 11.3 Å². The molecule has 0 spiro atoms. The second-order valence-electron chi connectivity index (χ2n) is 10.6. The minimum atomic E-state index is -0.226. The van der Waals surface area contributed by atoms with Gasteiger partial charge in [0.05, 0.1) is 0 Å². The Morgan fingerprint density at radius 1 is 0.643 bits per heavy atom. The van der Waals surface area contributed by atoms with Crippen molar-refractivity contribution in [1.82, 2.24) is 4.67 Å². The third kappa shape index (κ3) is 4.52. The molecule has 0 radical (unpaired) electrons. The maximum atomic E-state index is 2.52. The first-order valence-corrected chi connectivity index (χ1v) is 12.1. The molecule has 2 heteroatoms. The first-order chi connectivity index (χ1) is 13.0. The zero-order chi connectivity index (χ0) is 20.7. The van der Waals surface area contributed by atoms with Gasteiger partial charge in [-0.25, -0.2) is 0 Å². The van der Waals surface area contributed by atoms with Crippen LogP contribution in [0.2, 0.25) is 0 Å². The molecular formula is C26H38NP. The van der Waals surface area contributed by atoms with Crippen molar-refractivity contribution in [3.05, 3.63) is 70.8 Å². The van der Waals surface area contributed by atoms with Gasteiger partial charge < -0.3 is 0 Å². The predicted octanol–water partition coefficient (Wildman–Crippen LogP) is 7.82. The standard InChI is InChI=1S/C26H38NP/c1-25(2,3)21-13-9-19(10-14-21)23-17-18-24(28(23)27(7)8)20-11-15-22(16-12-20)26(4,5)6/h9-16,23-24H,17-18H2,1-8H3. The van der Waals surface area contributed by atoms with E-state index in [2.05, 4.69) is 109 Å². The van der Waals surface area contributed by atoms with Gasteiger partial charge in [0.25, 0.3) is 0 Å². The summed E-state index contributed by atoms with van der Waals surface area (Å²) >= 11 is 0. The van der Waals surface area contributed by atoms with Crippen molar-refractivity contribution in [1.29, 1.82) is 0 Å². The Morgan fingerprint density at radius 2 is 0.964 bits per heavy atom. The Kier molecular flexibility index (Phi) is 6.09. The van der Waals surface area contributed by atoms with Crippen LogP contribution in [-0.4, -0.2) is 18.8 Å². The lowest BCUT2D eigenvalue weighted by Crippen LogP contribution is -2.13.